The summed E-state index contributed by atoms with van der Waals surface area (Å²) < 4.78 is 0. The van der Waals surface area contributed by atoms with Crippen molar-refractivity contribution in [2.24, 2.45) is 0 Å². The molecule has 0 spiro atoms. The molecule has 0 bridgehead atoms. The van der Waals surface area contributed by atoms with E-state index in [1.807, 2.05) is 6.07 Å². The summed E-state index contributed by atoms with van der Waals surface area (Å²) in [6.45, 7) is 3.38. The lowest BCUT2D eigenvalue weighted by Crippen LogP contribution is -2.40. The number of hydrogen-bond donors (Lipinski definition) is 1. The zero-order valence-corrected chi connectivity index (χ0v) is 11.8. The van der Waals surface area contributed by atoms with Crippen LogP contribution in [-0.4, -0.2) is 31.1 Å². The number of thiophene rings is 1. The number of likely N-dealkylation sites (tertiary alicyclic amines) is 1. The Morgan fingerprint density at radius 3 is 2.69 bits per heavy atom. The highest BCUT2D eigenvalue weighted by atomic mass is 35.5. The van der Waals surface area contributed by atoms with Crippen molar-refractivity contribution in [3.63, 3.8) is 0 Å². The molecule has 2 nitrogen and oxygen atoms in total. The third-order valence-corrected chi connectivity index (χ3v) is 4.43. The van der Waals surface area contributed by atoms with Crippen molar-refractivity contribution in [2.75, 3.05) is 20.1 Å². The van der Waals surface area contributed by atoms with E-state index in [-0.39, 0.29) is 12.4 Å². The van der Waals surface area contributed by atoms with E-state index >= 15 is 0 Å². The molecule has 2 heterocycles. The molecule has 1 aliphatic rings. The number of nitrogens with zero attached hydrogens (tertiary/aromatic N) is 1. The van der Waals surface area contributed by atoms with Crippen LogP contribution in [-0.2, 0) is 6.54 Å². The van der Waals surface area contributed by atoms with Gasteiger partial charge in [-0.2, -0.15) is 0 Å². The molecule has 0 unspecified atom stereocenters. The summed E-state index contributed by atoms with van der Waals surface area (Å²) in [5, 5.41) is 6.34. The lowest BCUT2D eigenvalue weighted by atomic mass is 10.1. The van der Waals surface area contributed by atoms with E-state index in [0.717, 1.165) is 11.6 Å². The van der Waals surface area contributed by atoms with Crippen molar-refractivity contribution >= 4 is 35.3 Å². The van der Waals surface area contributed by atoms with Crippen molar-refractivity contribution in [1.29, 1.82) is 0 Å². The van der Waals surface area contributed by atoms with Gasteiger partial charge in [0.25, 0.3) is 0 Å². The van der Waals surface area contributed by atoms with Gasteiger partial charge in [-0.25, -0.2) is 0 Å². The minimum absolute atomic E-state index is 0. The fourth-order valence-electron chi connectivity index (χ4n) is 2.02. The Bertz CT molecular complexity index is 309. The van der Waals surface area contributed by atoms with Crippen molar-refractivity contribution in [2.45, 2.75) is 25.4 Å². The van der Waals surface area contributed by atoms with Crippen LogP contribution in [0.5, 0.6) is 0 Å². The second-order valence-electron chi connectivity index (χ2n) is 4.03. The molecule has 0 aromatic carbocycles. The van der Waals surface area contributed by atoms with Gasteiger partial charge in [-0.1, -0.05) is 11.6 Å². The van der Waals surface area contributed by atoms with E-state index in [4.69, 9.17) is 11.6 Å². The van der Waals surface area contributed by atoms with Crippen LogP contribution in [0.2, 0.25) is 5.02 Å². The maximum absolute atomic E-state index is 6.09. The summed E-state index contributed by atoms with van der Waals surface area (Å²) in [4.78, 5) is 3.80. The highest BCUT2D eigenvalue weighted by Crippen LogP contribution is 2.24. The van der Waals surface area contributed by atoms with Gasteiger partial charge in [0.1, 0.15) is 0 Å². The monoisotopic (exact) mass is 280 g/mol. The molecule has 0 amide bonds. The summed E-state index contributed by atoms with van der Waals surface area (Å²) >= 11 is 7.85. The van der Waals surface area contributed by atoms with Crippen LogP contribution in [0, 0.1) is 0 Å². The van der Waals surface area contributed by atoms with Gasteiger partial charge in [0, 0.05) is 17.5 Å². The van der Waals surface area contributed by atoms with Gasteiger partial charge < -0.3 is 5.32 Å². The van der Waals surface area contributed by atoms with E-state index in [2.05, 4.69) is 22.6 Å². The first-order valence-corrected chi connectivity index (χ1v) is 6.67. The van der Waals surface area contributed by atoms with Gasteiger partial charge in [0.15, 0.2) is 0 Å². The van der Waals surface area contributed by atoms with Gasteiger partial charge in [0.05, 0.1) is 5.02 Å². The number of hydrogen-bond acceptors (Lipinski definition) is 3. The SMILES string of the molecule is CNC1CCN(Cc2sccc2Cl)CC1.Cl. The normalized spacial score (nSPS) is 18.4. The Morgan fingerprint density at radius 2 is 2.19 bits per heavy atom. The second-order valence-corrected chi connectivity index (χ2v) is 5.44. The first-order chi connectivity index (χ1) is 7.29. The Hall–Kier alpha value is 0.200. The second kappa shape index (κ2) is 6.82. The molecule has 0 aliphatic carbocycles. The molecule has 1 aromatic rings. The molecule has 0 atom stereocenters. The fourth-order valence-corrected chi connectivity index (χ4v) is 3.16. The van der Waals surface area contributed by atoms with Crippen LogP contribution in [0.4, 0.5) is 0 Å². The van der Waals surface area contributed by atoms with Gasteiger partial charge in [0.2, 0.25) is 0 Å². The average Bonchev–Trinajstić information content (AvgIpc) is 2.66. The molecule has 0 saturated carbocycles. The molecule has 1 aliphatic heterocycles. The molecule has 16 heavy (non-hydrogen) atoms. The van der Waals surface area contributed by atoms with Crippen LogP contribution < -0.4 is 5.32 Å². The molecule has 5 heteroatoms. The highest BCUT2D eigenvalue weighted by molar-refractivity contribution is 7.10. The predicted octanol–water partition coefficient (Wildman–Crippen LogP) is 3.01. The maximum atomic E-state index is 6.09. The Labute approximate surface area is 112 Å². The zero-order valence-electron chi connectivity index (χ0n) is 9.41. The summed E-state index contributed by atoms with van der Waals surface area (Å²) in [5.74, 6) is 0. The molecule has 1 aromatic heterocycles. The number of piperidine rings is 1. The van der Waals surface area contributed by atoms with E-state index < -0.39 is 0 Å². The third kappa shape index (κ3) is 3.60. The Balaban J connectivity index is 0.00000128. The van der Waals surface area contributed by atoms with E-state index in [9.17, 15) is 0 Å². The number of halogens is 2. The van der Waals surface area contributed by atoms with Gasteiger partial charge >= 0.3 is 0 Å². The third-order valence-electron chi connectivity index (χ3n) is 3.05. The van der Waals surface area contributed by atoms with Crippen molar-refractivity contribution < 1.29 is 0 Å². The molecule has 1 fully saturated rings. The van der Waals surface area contributed by atoms with Gasteiger partial charge in [-0.3, -0.25) is 4.90 Å². The molecular weight excluding hydrogens is 263 g/mol. The molecule has 1 N–H and O–H groups in total. The lowest BCUT2D eigenvalue weighted by Gasteiger charge is -2.31. The van der Waals surface area contributed by atoms with Crippen molar-refractivity contribution in [3.05, 3.63) is 21.3 Å². The summed E-state index contributed by atoms with van der Waals surface area (Å²) in [6, 6.07) is 2.70. The van der Waals surface area contributed by atoms with Gasteiger partial charge in [-0.05, 0) is 44.4 Å². The molecule has 0 radical (unpaired) electrons. The first kappa shape index (κ1) is 14.3. The molecule has 92 valence electrons. The van der Waals surface area contributed by atoms with Crippen LogP contribution in [0.15, 0.2) is 11.4 Å². The Kier molecular flexibility index (Phi) is 6.08. The van der Waals surface area contributed by atoms with Crippen LogP contribution >= 0.6 is 35.3 Å². The van der Waals surface area contributed by atoms with E-state index in [1.165, 1.54) is 30.8 Å². The van der Waals surface area contributed by atoms with Crippen LogP contribution in [0.1, 0.15) is 17.7 Å². The predicted molar refractivity (Wildman–Crippen MR) is 73.9 cm³/mol. The van der Waals surface area contributed by atoms with E-state index in [0.29, 0.717) is 6.04 Å². The first-order valence-electron chi connectivity index (χ1n) is 5.41. The lowest BCUT2D eigenvalue weighted by molar-refractivity contribution is 0.196. The minimum atomic E-state index is 0. The van der Waals surface area contributed by atoms with Gasteiger partial charge in [-0.15, -0.1) is 23.7 Å². The summed E-state index contributed by atoms with van der Waals surface area (Å²) in [7, 11) is 2.05. The standard InChI is InChI=1S/C11H17ClN2S.ClH/c1-13-9-2-5-14(6-3-9)8-11-10(12)4-7-15-11;/h4,7,9,13H,2-3,5-6,8H2,1H3;1H. The number of rotatable bonds is 3. The fraction of sp³-hybridized carbons (Fsp3) is 0.636. The Morgan fingerprint density at radius 1 is 1.50 bits per heavy atom. The maximum Gasteiger partial charge on any atom is 0.0558 e. The van der Waals surface area contributed by atoms with Crippen LogP contribution in [0.3, 0.4) is 0 Å². The molecule has 2 rings (SSSR count). The quantitative estimate of drug-likeness (QED) is 0.916. The largest absolute Gasteiger partial charge is 0.317 e. The van der Waals surface area contributed by atoms with E-state index in [1.54, 1.807) is 11.3 Å². The zero-order chi connectivity index (χ0) is 10.7. The average molecular weight is 281 g/mol. The topological polar surface area (TPSA) is 15.3 Å². The highest BCUT2D eigenvalue weighted by Gasteiger charge is 2.18. The summed E-state index contributed by atoms with van der Waals surface area (Å²) in [5.41, 5.74) is 0. The number of nitrogens with one attached hydrogen (secondary N) is 1. The van der Waals surface area contributed by atoms with Crippen LogP contribution in [0.25, 0.3) is 0 Å². The molecule has 1 saturated heterocycles. The molecular formula is C11H18Cl2N2S. The smallest absolute Gasteiger partial charge is 0.0558 e. The van der Waals surface area contributed by atoms with Crippen molar-refractivity contribution in [1.82, 2.24) is 10.2 Å². The summed E-state index contributed by atoms with van der Waals surface area (Å²) in [6.07, 6.45) is 2.50. The van der Waals surface area contributed by atoms with Crippen molar-refractivity contribution in [3.8, 4) is 0 Å². The minimum Gasteiger partial charge on any atom is -0.317 e.